The van der Waals surface area contributed by atoms with Crippen molar-refractivity contribution in [3.63, 3.8) is 0 Å². The quantitative estimate of drug-likeness (QED) is 0.458. The SMILES string of the molecule is C#CCc1cc(COC(=O)C2C(C=CC(=O)OC)C2(C)C)co1. The van der Waals surface area contributed by atoms with Gasteiger partial charge in [-0.05, 0) is 17.4 Å². The van der Waals surface area contributed by atoms with E-state index in [1.54, 1.807) is 12.1 Å². The molecule has 2 rings (SSSR count). The summed E-state index contributed by atoms with van der Waals surface area (Å²) in [5.74, 6) is 2.15. The molecule has 0 bridgehead atoms. The molecule has 1 aromatic rings. The van der Waals surface area contributed by atoms with Gasteiger partial charge in [-0.2, -0.15) is 0 Å². The van der Waals surface area contributed by atoms with Gasteiger partial charge in [0, 0.05) is 11.6 Å². The Morgan fingerprint density at radius 1 is 1.48 bits per heavy atom. The van der Waals surface area contributed by atoms with Gasteiger partial charge < -0.3 is 13.9 Å². The number of carbonyl (C=O) groups excluding carboxylic acids is 2. The molecule has 1 aromatic heterocycles. The largest absolute Gasteiger partial charge is 0.468 e. The summed E-state index contributed by atoms with van der Waals surface area (Å²) in [4.78, 5) is 23.4. The summed E-state index contributed by atoms with van der Waals surface area (Å²) in [6.45, 7) is 4.08. The van der Waals surface area contributed by atoms with Gasteiger partial charge >= 0.3 is 11.9 Å². The normalized spacial score (nSPS) is 21.7. The van der Waals surface area contributed by atoms with Gasteiger partial charge in [0.1, 0.15) is 12.4 Å². The van der Waals surface area contributed by atoms with Crippen molar-refractivity contribution in [2.45, 2.75) is 26.9 Å². The monoisotopic (exact) mass is 316 g/mol. The Bertz CT molecular complexity index is 659. The zero-order valence-electron chi connectivity index (χ0n) is 13.5. The fourth-order valence-corrected chi connectivity index (χ4v) is 2.68. The number of methoxy groups -OCH3 is 1. The average Bonchev–Trinajstić information content (AvgIpc) is 2.84. The van der Waals surface area contributed by atoms with E-state index in [4.69, 9.17) is 15.6 Å². The van der Waals surface area contributed by atoms with E-state index in [0.29, 0.717) is 12.2 Å². The van der Waals surface area contributed by atoms with Gasteiger partial charge in [0.2, 0.25) is 0 Å². The Hall–Kier alpha value is -2.48. The highest BCUT2D eigenvalue weighted by Crippen LogP contribution is 2.59. The predicted octanol–water partition coefficient (Wildman–Crippen LogP) is 2.50. The van der Waals surface area contributed by atoms with E-state index >= 15 is 0 Å². The molecule has 1 saturated carbocycles. The molecular formula is C18H20O5. The molecule has 2 unspecified atom stereocenters. The van der Waals surface area contributed by atoms with E-state index in [1.165, 1.54) is 19.4 Å². The first kappa shape index (κ1) is 16.9. The fraction of sp³-hybridized carbons (Fsp3) is 0.444. The highest BCUT2D eigenvalue weighted by Gasteiger charge is 2.61. The van der Waals surface area contributed by atoms with Crippen molar-refractivity contribution in [3.05, 3.63) is 35.8 Å². The van der Waals surface area contributed by atoms with Crippen LogP contribution < -0.4 is 0 Å². The second-order valence-electron chi connectivity index (χ2n) is 6.12. The van der Waals surface area contributed by atoms with Gasteiger partial charge in [-0.3, -0.25) is 4.79 Å². The number of allylic oxidation sites excluding steroid dienone is 1. The first-order valence-corrected chi connectivity index (χ1v) is 7.32. The number of hydrogen-bond acceptors (Lipinski definition) is 5. The van der Waals surface area contributed by atoms with Crippen molar-refractivity contribution in [1.29, 1.82) is 0 Å². The van der Waals surface area contributed by atoms with Crippen molar-refractivity contribution in [2.75, 3.05) is 7.11 Å². The maximum Gasteiger partial charge on any atom is 0.330 e. The van der Waals surface area contributed by atoms with Gasteiger partial charge in [0.25, 0.3) is 0 Å². The van der Waals surface area contributed by atoms with Crippen molar-refractivity contribution in [1.82, 2.24) is 0 Å². The van der Waals surface area contributed by atoms with E-state index in [2.05, 4.69) is 10.7 Å². The molecule has 2 atom stereocenters. The lowest BCUT2D eigenvalue weighted by molar-refractivity contribution is -0.147. The topological polar surface area (TPSA) is 65.7 Å². The molecule has 0 aliphatic heterocycles. The molecule has 0 amide bonds. The number of terminal acetylenes is 1. The van der Waals surface area contributed by atoms with Crippen LogP contribution in [0.2, 0.25) is 0 Å². The summed E-state index contributed by atoms with van der Waals surface area (Å²) in [5, 5.41) is 0. The van der Waals surface area contributed by atoms with Gasteiger partial charge in [0.15, 0.2) is 0 Å². The summed E-state index contributed by atoms with van der Waals surface area (Å²) >= 11 is 0. The van der Waals surface area contributed by atoms with E-state index < -0.39 is 5.97 Å². The second kappa shape index (κ2) is 6.74. The standard InChI is InChI=1S/C18H20O5/c1-5-6-13-9-12(10-22-13)11-23-17(20)16-14(18(16,2)3)7-8-15(19)21-4/h1,7-10,14,16H,6,11H2,2-4H3. The highest BCUT2D eigenvalue weighted by atomic mass is 16.5. The Morgan fingerprint density at radius 2 is 2.22 bits per heavy atom. The van der Waals surface area contributed by atoms with Crippen LogP contribution in [0.5, 0.6) is 0 Å². The first-order chi connectivity index (χ1) is 10.9. The molecule has 122 valence electrons. The van der Waals surface area contributed by atoms with Gasteiger partial charge in [-0.25, -0.2) is 4.79 Å². The molecule has 1 aliphatic rings. The van der Waals surface area contributed by atoms with Crippen molar-refractivity contribution < 1.29 is 23.5 Å². The van der Waals surface area contributed by atoms with Crippen LogP contribution in [0.3, 0.4) is 0 Å². The molecule has 0 radical (unpaired) electrons. The summed E-state index contributed by atoms with van der Waals surface area (Å²) in [7, 11) is 1.32. The lowest BCUT2D eigenvalue weighted by Gasteiger charge is -2.03. The number of ether oxygens (including phenoxy) is 2. The second-order valence-corrected chi connectivity index (χ2v) is 6.12. The van der Waals surface area contributed by atoms with Crippen LogP contribution in [0.25, 0.3) is 0 Å². The molecule has 1 heterocycles. The summed E-state index contributed by atoms with van der Waals surface area (Å²) < 4.78 is 15.2. The third-order valence-electron chi connectivity index (χ3n) is 4.17. The maximum atomic E-state index is 12.2. The summed E-state index contributed by atoms with van der Waals surface area (Å²) in [5.41, 5.74) is 0.538. The molecule has 5 heteroatoms. The molecule has 0 saturated heterocycles. The van der Waals surface area contributed by atoms with E-state index in [1.807, 2.05) is 13.8 Å². The number of hydrogen-bond donors (Lipinski definition) is 0. The lowest BCUT2D eigenvalue weighted by atomic mass is 10.1. The lowest BCUT2D eigenvalue weighted by Crippen LogP contribution is -2.10. The van der Waals surface area contributed by atoms with Gasteiger partial charge in [-0.15, -0.1) is 6.42 Å². The van der Waals surface area contributed by atoms with Gasteiger partial charge in [-0.1, -0.05) is 25.8 Å². The van der Waals surface area contributed by atoms with Crippen LogP contribution in [-0.2, 0) is 32.1 Å². The molecule has 0 spiro atoms. The van der Waals surface area contributed by atoms with E-state index in [9.17, 15) is 9.59 Å². The van der Waals surface area contributed by atoms with Crippen LogP contribution in [-0.4, -0.2) is 19.0 Å². The molecule has 1 fully saturated rings. The Balaban J connectivity index is 1.89. The molecule has 5 nitrogen and oxygen atoms in total. The number of furan rings is 1. The predicted molar refractivity (Wildman–Crippen MR) is 83.0 cm³/mol. The maximum absolute atomic E-state index is 12.2. The summed E-state index contributed by atoms with van der Waals surface area (Å²) in [6.07, 6.45) is 10.2. The number of rotatable bonds is 6. The highest BCUT2D eigenvalue weighted by molar-refractivity contribution is 5.83. The minimum atomic E-state index is -0.431. The Labute approximate surface area is 135 Å². The smallest absolute Gasteiger partial charge is 0.330 e. The molecule has 23 heavy (non-hydrogen) atoms. The Kier molecular flexibility index (Phi) is 4.95. The zero-order valence-corrected chi connectivity index (χ0v) is 13.5. The van der Waals surface area contributed by atoms with E-state index in [-0.39, 0.29) is 29.8 Å². The number of esters is 2. The van der Waals surface area contributed by atoms with E-state index in [0.717, 1.165) is 5.56 Å². The fourth-order valence-electron chi connectivity index (χ4n) is 2.68. The van der Waals surface area contributed by atoms with Crippen molar-refractivity contribution in [3.8, 4) is 12.3 Å². The first-order valence-electron chi connectivity index (χ1n) is 7.32. The van der Waals surface area contributed by atoms with Gasteiger partial charge in [0.05, 0.1) is 25.7 Å². The zero-order chi connectivity index (χ0) is 17.0. The van der Waals surface area contributed by atoms with Crippen LogP contribution in [0.15, 0.2) is 28.9 Å². The average molecular weight is 316 g/mol. The molecular weight excluding hydrogens is 296 g/mol. The third kappa shape index (κ3) is 3.84. The van der Waals surface area contributed by atoms with Crippen molar-refractivity contribution >= 4 is 11.9 Å². The third-order valence-corrected chi connectivity index (χ3v) is 4.17. The molecule has 0 N–H and O–H groups in total. The van der Waals surface area contributed by atoms with Crippen LogP contribution in [0.1, 0.15) is 25.2 Å². The van der Waals surface area contributed by atoms with Crippen LogP contribution >= 0.6 is 0 Å². The Morgan fingerprint density at radius 3 is 2.87 bits per heavy atom. The van der Waals surface area contributed by atoms with Crippen LogP contribution in [0, 0.1) is 29.6 Å². The molecule has 0 aromatic carbocycles. The molecule has 1 aliphatic carbocycles. The summed E-state index contributed by atoms with van der Waals surface area (Å²) in [6, 6.07) is 1.78. The minimum absolute atomic E-state index is 0.0320. The minimum Gasteiger partial charge on any atom is -0.468 e. The number of carbonyl (C=O) groups is 2. The van der Waals surface area contributed by atoms with Crippen molar-refractivity contribution in [2.24, 2.45) is 17.3 Å². The van der Waals surface area contributed by atoms with Crippen LogP contribution in [0.4, 0.5) is 0 Å².